The van der Waals surface area contributed by atoms with Gasteiger partial charge in [-0.05, 0) is 0 Å². The molecule has 0 saturated heterocycles. The van der Waals surface area contributed by atoms with Crippen molar-refractivity contribution in [3.63, 3.8) is 0 Å². The van der Waals surface area contributed by atoms with Gasteiger partial charge in [-0.3, -0.25) is 0 Å². The van der Waals surface area contributed by atoms with Gasteiger partial charge in [0.05, 0.1) is 0 Å². The third-order valence-corrected chi connectivity index (χ3v) is 0. The summed E-state index contributed by atoms with van der Waals surface area (Å²) in [6.45, 7) is 0. The molecule has 0 aromatic rings. The molecule has 0 fully saturated rings. The smallest absolute Gasteiger partial charge is 0 e. The number of hydrogen-bond acceptors (Lipinski definition) is 0. The summed E-state index contributed by atoms with van der Waals surface area (Å²) in [6.07, 6.45) is 0. The van der Waals surface area contributed by atoms with Gasteiger partial charge >= 0.3 is 31.1 Å². The van der Waals surface area contributed by atoms with Crippen molar-refractivity contribution < 1.29 is 66.7 Å². The Morgan fingerprint density at radius 1 is 1.25 bits per heavy atom. The average Bonchev–Trinajstić information content (AvgIpc) is 1.00. The maximum absolute atomic E-state index is 4.20. The van der Waals surface area contributed by atoms with Crippen LogP contribution in [-0.4, -0.2) is 0 Å². The van der Waals surface area contributed by atoms with Gasteiger partial charge < -0.3 is 0 Å². The Hall–Kier alpha value is 2.31. The quantitative estimate of drug-likeness (QED) is 0.541. The van der Waals surface area contributed by atoms with Crippen molar-refractivity contribution >= 4 is 0 Å². The number of rotatable bonds is 0. The van der Waals surface area contributed by atoms with Gasteiger partial charge in [-0.1, -0.05) is 0 Å². The first kappa shape index (κ1) is 16.2. The topological polar surface area (TPSA) is 0 Å². The normalized spacial score (nSPS) is 1.50. The molecule has 0 atom stereocenters. The zero-order chi connectivity index (χ0) is 2.00. The van der Waals surface area contributed by atoms with Gasteiger partial charge in [0.2, 0.25) is 0 Å². The van der Waals surface area contributed by atoms with Crippen LogP contribution in [0.4, 0.5) is 0 Å². The van der Waals surface area contributed by atoms with Crippen LogP contribution < -0.4 is 0 Å². The van der Waals surface area contributed by atoms with E-state index in [-0.39, 0.29) is 35.6 Å². The molecule has 0 spiro atoms. The van der Waals surface area contributed by atoms with Crippen molar-refractivity contribution in [2.24, 2.45) is 0 Å². The molecular weight excluding hydrogens is 266 g/mol. The van der Waals surface area contributed by atoms with Crippen LogP contribution in [0.15, 0.2) is 0 Å². The van der Waals surface area contributed by atoms with E-state index in [0.29, 0.717) is 0 Å². The van der Waals surface area contributed by atoms with Crippen molar-refractivity contribution in [2.75, 3.05) is 0 Å². The molecule has 0 amide bonds. The summed E-state index contributed by atoms with van der Waals surface area (Å²) in [5.74, 6) is 0. The molecule has 4 heteroatoms. The van der Waals surface area contributed by atoms with E-state index in [1.54, 1.807) is 0 Å². The summed E-state index contributed by atoms with van der Waals surface area (Å²) in [5, 5.41) is 0. The fraction of sp³-hybridized carbons (Fsp3) is 0. The molecule has 0 nitrogen and oxygen atoms in total. The predicted molar refractivity (Wildman–Crippen MR) is 0 cm³/mol. The van der Waals surface area contributed by atoms with Crippen LogP contribution in [0.1, 0.15) is 0 Å². The molecule has 0 aliphatic carbocycles. The van der Waals surface area contributed by atoms with Crippen LogP contribution >= 0.6 is 0 Å². The van der Waals surface area contributed by atoms with Gasteiger partial charge in [0.15, 0.2) is 0 Å². The van der Waals surface area contributed by atoms with Crippen molar-refractivity contribution in [1.29, 1.82) is 0 Å². The van der Waals surface area contributed by atoms with Gasteiger partial charge in [0.1, 0.15) is 0 Å². The van der Waals surface area contributed by atoms with E-state index >= 15 is 0 Å². The monoisotopic (exact) mass is 268 g/mol. The van der Waals surface area contributed by atoms with Gasteiger partial charge in [-0.15, -0.1) is 0 Å². The minimum Gasteiger partial charge on any atom is 0 e. The van der Waals surface area contributed by atoms with E-state index in [1.807, 2.05) is 0 Å². The molecule has 30 valence electrons. The van der Waals surface area contributed by atoms with Crippen LogP contribution in [0.25, 0.3) is 0 Å². The zero-order valence-corrected chi connectivity index (χ0v) is 6.96. The van der Waals surface area contributed by atoms with E-state index in [1.165, 1.54) is 17.7 Å². The molecular formula is CuFeMoV. The molecule has 0 aliphatic heterocycles. The van der Waals surface area contributed by atoms with E-state index in [9.17, 15) is 0 Å². The van der Waals surface area contributed by atoms with Crippen molar-refractivity contribution in [3.8, 4) is 0 Å². The second-order valence-electron chi connectivity index (χ2n) is 0. The molecule has 4 heavy (non-hydrogen) atoms. The molecule has 1 radical (unpaired) electrons. The largest absolute Gasteiger partial charge is 0 e. The van der Waals surface area contributed by atoms with Crippen LogP contribution in [0.5, 0.6) is 0 Å². The van der Waals surface area contributed by atoms with Gasteiger partial charge in [-0.2, -0.15) is 0 Å². The Bertz CT molecular complexity index is 8.00. The van der Waals surface area contributed by atoms with E-state index in [0.717, 1.165) is 0 Å². The third-order valence-electron chi connectivity index (χ3n) is 0. The van der Waals surface area contributed by atoms with E-state index in [4.69, 9.17) is 0 Å². The van der Waals surface area contributed by atoms with E-state index < -0.39 is 0 Å². The van der Waals surface area contributed by atoms with Gasteiger partial charge in [-0.25, -0.2) is 0 Å². The summed E-state index contributed by atoms with van der Waals surface area (Å²) in [4.78, 5) is 0. The Kier molecular flexibility index (Phi) is 75.0. The minimum absolute atomic E-state index is 0. The Morgan fingerprint density at radius 3 is 1.25 bits per heavy atom. The summed E-state index contributed by atoms with van der Waals surface area (Å²) in [5.41, 5.74) is 0. The van der Waals surface area contributed by atoms with Crippen LogP contribution in [0, 0.1) is 0 Å². The molecule has 0 aromatic carbocycles. The van der Waals surface area contributed by atoms with Crippen molar-refractivity contribution in [3.05, 3.63) is 0 Å². The van der Waals surface area contributed by atoms with Gasteiger partial charge in [0, 0.05) is 35.6 Å². The maximum atomic E-state index is 4.20. The predicted octanol–water partition coefficient (Wildman–Crippen LogP) is -0.0100. The number of hydrogen-bond donors (Lipinski definition) is 0. The summed E-state index contributed by atoms with van der Waals surface area (Å²) < 4.78 is 0. The van der Waals surface area contributed by atoms with Crippen LogP contribution in [-0.2, 0) is 66.7 Å². The van der Waals surface area contributed by atoms with Gasteiger partial charge in [0.25, 0.3) is 0 Å². The Morgan fingerprint density at radius 2 is 1.25 bits per heavy atom. The molecule has 0 aromatic heterocycles. The molecule has 0 aliphatic rings. The summed E-state index contributed by atoms with van der Waals surface area (Å²) in [7, 11) is 0. The first-order valence-corrected chi connectivity index (χ1v) is 3.00. The van der Waals surface area contributed by atoms with Crippen molar-refractivity contribution in [1.82, 2.24) is 0 Å². The Labute approximate surface area is 65.9 Å². The molecule has 0 saturated carbocycles. The maximum Gasteiger partial charge on any atom is 0 e. The average molecular weight is 266 g/mol. The first-order valence-electron chi connectivity index (χ1n) is 0.123. The molecule has 0 rings (SSSR count). The third kappa shape index (κ3) is 8.85. The first-order chi connectivity index (χ1) is 1.00. The second-order valence-corrected chi connectivity index (χ2v) is 0. The Balaban J connectivity index is -0.00000000500. The SMILES string of the molecule is [Cu][Mo].[Fe].[V]. The van der Waals surface area contributed by atoms with Crippen LogP contribution in [0.3, 0.4) is 0 Å². The summed E-state index contributed by atoms with van der Waals surface area (Å²) >= 11 is 5.71. The zero-order valence-electron chi connectivity index (χ0n) is 1.51. The fourth-order valence-electron chi connectivity index (χ4n) is 0. The molecule has 0 bridgehead atoms. The second kappa shape index (κ2) is 18.5. The van der Waals surface area contributed by atoms with E-state index in [2.05, 4.69) is 13.4 Å². The summed E-state index contributed by atoms with van der Waals surface area (Å²) in [6, 6.07) is 0. The fourth-order valence-corrected chi connectivity index (χ4v) is 0. The standard InChI is InChI=1S/Cu.Fe.Mo.V. The molecule has 0 N–H and O–H groups in total. The molecule has 0 heterocycles. The molecule has 0 unspecified atom stereocenters. The minimum atomic E-state index is 0. The van der Waals surface area contributed by atoms with Crippen LogP contribution in [0.2, 0.25) is 0 Å². The van der Waals surface area contributed by atoms with Crippen molar-refractivity contribution in [2.45, 2.75) is 0 Å².